The molecular weight excluding hydrogens is 214 g/mol. The predicted molar refractivity (Wildman–Crippen MR) is 59.1 cm³/mol. The molecule has 1 aromatic heterocycles. The van der Waals surface area contributed by atoms with Gasteiger partial charge < -0.3 is 10.2 Å². The molecule has 0 aromatic carbocycles. The zero-order valence-corrected chi connectivity index (χ0v) is 9.16. The average molecular weight is 226 g/mol. The van der Waals surface area contributed by atoms with Gasteiger partial charge in [-0.15, -0.1) is 0 Å². The molecule has 0 spiro atoms. The maximum atomic E-state index is 10.4. The standard InChI is InChI=1S/C10H12ClN3O/c1-8(14(2)7-15)12-5-9-3-4-10(11)13-6-9/h3-4,6-7,12H,1,5H2,2H3. The summed E-state index contributed by atoms with van der Waals surface area (Å²) in [5.41, 5.74) is 0.972. The maximum absolute atomic E-state index is 10.4. The topological polar surface area (TPSA) is 45.2 Å². The molecule has 1 rings (SSSR count). The van der Waals surface area contributed by atoms with Gasteiger partial charge in [-0.3, -0.25) is 4.79 Å². The molecule has 0 atom stereocenters. The number of halogens is 1. The van der Waals surface area contributed by atoms with Crippen molar-refractivity contribution in [2.75, 3.05) is 7.05 Å². The summed E-state index contributed by atoms with van der Waals surface area (Å²) in [5, 5.41) is 3.45. The molecule has 0 radical (unpaired) electrons. The van der Waals surface area contributed by atoms with Crippen LogP contribution in [-0.2, 0) is 11.3 Å². The molecule has 1 amide bonds. The molecule has 0 aliphatic carbocycles. The van der Waals surface area contributed by atoms with Crippen molar-refractivity contribution >= 4 is 18.0 Å². The number of hydrogen-bond acceptors (Lipinski definition) is 3. The Balaban J connectivity index is 2.47. The molecule has 1 aromatic rings. The highest BCUT2D eigenvalue weighted by molar-refractivity contribution is 6.29. The van der Waals surface area contributed by atoms with Gasteiger partial charge in [0.05, 0.1) is 0 Å². The zero-order valence-electron chi connectivity index (χ0n) is 8.40. The van der Waals surface area contributed by atoms with Crippen LogP contribution in [0.15, 0.2) is 30.7 Å². The van der Waals surface area contributed by atoms with Crippen LogP contribution in [0.4, 0.5) is 0 Å². The molecule has 0 fully saturated rings. The van der Waals surface area contributed by atoms with Crippen LogP contribution in [0.5, 0.6) is 0 Å². The molecule has 4 nitrogen and oxygen atoms in total. The van der Waals surface area contributed by atoms with E-state index in [1.807, 2.05) is 6.07 Å². The second kappa shape index (κ2) is 5.36. The lowest BCUT2D eigenvalue weighted by Crippen LogP contribution is -2.26. The Bertz CT molecular complexity index is 350. The molecular formula is C10H12ClN3O. The summed E-state index contributed by atoms with van der Waals surface area (Å²) >= 11 is 5.64. The molecule has 0 bridgehead atoms. The minimum absolute atomic E-state index is 0.461. The molecule has 0 aliphatic heterocycles. The summed E-state index contributed by atoms with van der Waals surface area (Å²) in [6.07, 6.45) is 2.36. The van der Waals surface area contributed by atoms with Crippen LogP contribution in [0.25, 0.3) is 0 Å². The van der Waals surface area contributed by atoms with Gasteiger partial charge >= 0.3 is 0 Å². The molecule has 0 aliphatic rings. The SMILES string of the molecule is C=C(NCc1ccc(Cl)nc1)N(C)C=O. The van der Waals surface area contributed by atoms with Gasteiger partial charge in [-0.1, -0.05) is 24.2 Å². The fraction of sp³-hybridized carbons (Fsp3) is 0.200. The Morgan fingerprint density at radius 3 is 3.00 bits per heavy atom. The third kappa shape index (κ3) is 3.59. The molecule has 0 saturated carbocycles. The van der Waals surface area contributed by atoms with E-state index in [-0.39, 0.29) is 0 Å². The van der Waals surface area contributed by atoms with Crippen molar-refractivity contribution in [3.8, 4) is 0 Å². The number of aromatic nitrogens is 1. The van der Waals surface area contributed by atoms with Gasteiger partial charge in [-0.25, -0.2) is 4.98 Å². The Kier molecular flexibility index (Phi) is 4.12. The van der Waals surface area contributed by atoms with E-state index in [2.05, 4.69) is 16.9 Å². The second-order valence-corrected chi connectivity index (χ2v) is 3.39. The first-order valence-corrected chi connectivity index (χ1v) is 4.72. The summed E-state index contributed by atoms with van der Waals surface area (Å²) in [7, 11) is 1.63. The lowest BCUT2D eigenvalue weighted by Gasteiger charge is -2.15. The van der Waals surface area contributed by atoms with Crippen LogP contribution >= 0.6 is 11.6 Å². The number of rotatable bonds is 5. The lowest BCUT2D eigenvalue weighted by atomic mass is 10.3. The van der Waals surface area contributed by atoms with Crippen molar-refractivity contribution in [1.82, 2.24) is 15.2 Å². The molecule has 1 heterocycles. The first-order chi connectivity index (χ1) is 7.13. The third-order valence-corrected chi connectivity index (χ3v) is 2.09. The Morgan fingerprint density at radius 2 is 2.47 bits per heavy atom. The molecule has 0 saturated heterocycles. The predicted octanol–water partition coefficient (Wildman–Crippen LogP) is 1.38. The van der Waals surface area contributed by atoms with E-state index in [0.29, 0.717) is 23.9 Å². The highest BCUT2D eigenvalue weighted by Gasteiger charge is 1.99. The molecule has 5 heteroatoms. The molecule has 15 heavy (non-hydrogen) atoms. The molecule has 1 N–H and O–H groups in total. The van der Waals surface area contributed by atoms with Gasteiger partial charge in [-0.05, 0) is 11.6 Å². The fourth-order valence-corrected chi connectivity index (χ4v) is 1.02. The largest absolute Gasteiger partial charge is 0.368 e. The highest BCUT2D eigenvalue weighted by Crippen LogP contribution is 2.05. The van der Waals surface area contributed by atoms with Gasteiger partial charge in [0.1, 0.15) is 11.0 Å². The van der Waals surface area contributed by atoms with Crippen LogP contribution in [0.1, 0.15) is 5.56 Å². The van der Waals surface area contributed by atoms with E-state index in [0.717, 1.165) is 5.56 Å². The number of pyridine rings is 1. The monoisotopic (exact) mass is 225 g/mol. The van der Waals surface area contributed by atoms with Crippen molar-refractivity contribution < 1.29 is 4.79 Å². The molecule has 80 valence electrons. The summed E-state index contributed by atoms with van der Waals surface area (Å²) in [6.45, 7) is 4.25. The van der Waals surface area contributed by atoms with E-state index < -0.39 is 0 Å². The van der Waals surface area contributed by atoms with Crippen LogP contribution in [0.2, 0.25) is 5.15 Å². The Labute approximate surface area is 93.6 Å². The third-order valence-electron chi connectivity index (χ3n) is 1.87. The van der Waals surface area contributed by atoms with Crippen LogP contribution in [0.3, 0.4) is 0 Å². The van der Waals surface area contributed by atoms with E-state index in [9.17, 15) is 4.79 Å². The van der Waals surface area contributed by atoms with Gasteiger partial charge in [-0.2, -0.15) is 0 Å². The summed E-state index contributed by atoms with van der Waals surface area (Å²) < 4.78 is 0. The number of carbonyl (C=O) groups excluding carboxylic acids is 1. The maximum Gasteiger partial charge on any atom is 0.214 e. The number of nitrogens with one attached hydrogen (secondary N) is 1. The highest BCUT2D eigenvalue weighted by atomic mass is 35.5. The van der Waals surface area contributed by atoms with Gasteiger partial charge in [0.2, 0.25) is 6.41 Å². The minimum Gasteiger partial charge on any atom is -0.368 e. The van der Waals surface area contributed by atoms with E-state index in [1.165, 1.54) is 4.90 Å². The van der Waals surface area contributed by atoms with Crippen molar-refractivity contribution in [3.05, 3.63) is 41.4 Å². The van der Waals surface area contributed by atoms with Gasteiger partial charge in [0.25, 0.3) is 0 Å². The zero-order chi connectivity index (χ0) is 11.3. The number of carbonyl (C=O) groups is 1. The summed E-state index contributed by atoms with van der Waals surface area (Å²) in [6, 6.07) is 3.57. The summed E-state index contributed by atoms with van der Waals surface area (Å²) in [4.78, 5) is 15.7. The average Bonchev–Trinajstić information content (AvgIpc) is 2.26. The van der Waals surface area contributed by atoms with Crippen LogP contribution in [-0.4, -0.2) is 23.3 Å². The quantitative estimate of drug-likeness (QED) is 0.609. The summed E-state index contributed by atoms with van der Waals surface area (Å²) in [5.74, 6) is 0.542. The van der Waals surface area contributed by atoms with E-state index in [1.54, 1.807) is 19.3 Å². The molecule has 0 unspecified atom stereocenters. The van der Waals surface area contributed by atoms with E-state index in [4.69, 9.17) is 11.6 Å². The number of nitrogens with zero attached hydrogens (tertiary/aromatic N) is 2. The van der Waals surface area contributed by atoms with Crippen molar-refractivity contribution in [2.24, 2.45) is 0 Å². The fourth-order valence-electron chi connectivity index (χ4n) is 0.903. The van der Waals surface area contributed by atoms with Crippen LogP contribution < -0.4 is 5.32 Å². The van der Waals surface area contributed by atoms with Crippen molar-refractivity contribution in [1.29, 1.82) is 0 Å². The minimum atomic E-state index is 0.461. The van der Waals surface area contributed by atoms with Crippen LogP contribution in [0, 0.1) is 0 Å². The van der Waals surface area contributed by atoms with Crippen molar-refractivity contribution in [2.45, 2.75) is 6.54 Å². The first-order valence-electron chi connectivity index (χ1n) is 4.35. The second-order valence-electron chi connectivity index (χ2n) is 3.01. The smallest absolute Gasteiger partial charge is 0.214 e. The van der Waals surface area contributed by atoms with E-state index >= 15 is 0 Å². The Hall–Kier alpha value is -1.55. The van der Waals surface area contributed by atoms with Gasteiger partial charge in [0, 0.05) is 19.8 Å². The number of amides is 1. The first kappa shape index (κ1) is 11.5. The number of hydrogen-bond donors (Lipinski definition) is 1. The van der Waals surface area contributed by atoms with Gasteiger partial charge in [0.15, 0.2) is 0 Å². The van der Waals surface area contributed by atoms with Crippen molar-refractivity contribution in [3.63, 3.8) is 0 Å². The normalized spacial score (nSPS) is 9.47. The Morgan fingerprint density at radius 1 is 1.73 bits per heavy atom. The lowest BCUT2D eigenvalue weighted by molar-refractivity contribution is -0.115.